The molecule has 2 heterocycles. The molecule has 110 valence electrons. The van der Waals surface area contributed by atoms with Gasteiger partial charge in [0.05, 0.1) is 23.5 Å². The van der Waals surface area contributed by atoms with Gasteiger partial charge in [0.25, 0.3) is 0 Å². The van der Waals surface area contributed by atoms with Crippen molar-refractivity contribution in [3.8, 4) is 0 Å². The lowest BCUT2D eigenvalue weighted by atomic mass is 9.97. The Hall–Kier alpha value is -2.30. The second kappa shape index (κ2) is 4.91. The highest BCUT2D eigenvalue weighted by molar-refractivity contribution is 5.99. The first kappa shape index (κ1) is 13.7. The maximum Gasteiger partial charge on any atom is 0.353 e. The van der Waals surface area contributed by atoms with Gasteiger partial charge in [-0.2, -0.15) is 0 Å². The molecule has 0 amide bonds. The molecule has 0 radical (unpaired) electrons. The molecule has 2 aromatic rings. The first-order valence-corrected chi connectivity index (χ1v) is 7.19. The molecule has 1 unspecified atom stereocenters. The number of anilines is 2. The largest absolute Gasteiger partial charge is 0.463 e. The lowest BCUT2D eigenvalue weighted by molar-refractivity contribution is -0.148. The minimum Gasteiger partial charge on any atom is -0.463 e. The molecule has 3 rings (SSSR count). The molecule has 21 heavy (non-hydrogen) atoms. The van der Waals surface area contributed by atoms with Gasteiger partial charge in [-0.1, -0.05) is 19.9 Å². The van der Waals surface area contributed by atoms with Gasteiger partial charge in [-0.05, 0) is 25.1 Å². The lowest BCUT2D eigenvalue weighted by Crippen LogP contribution is -2.55. The molecule has 1 aliphatic heterocycles. The van der Waals surface area contributed by atoms with E-state index in [0.717, 1.165) is 22.3 Å². The van der Waals surface area contributed by atoms with E-state index in [1.165, 1.54) is 0 Å². The molecule has 5 heteroatoms. The van der Waals surface area contributed by atoms with Crippen LogP contribution in [-0.2, 0) is 9.53 Å². The van der Waals surface area contributed by atoms with Crippen LogP contribution in [0.1, 0.15) is 20.8 Å². The zero-order valence-corrected chi connectivity index (χ0v) is 12.4. The average Bonchev–Trinajstić information content (AvgIpc) is 2.84. The molecular weight excluding hydrogens is 266 g/mol. The normalized spacial score (nSPS) is 20.0. The van der Waals surface area contributed by atoms with Gasteiger partial charge in [0.2, 0.25) is 5.66 Å². The molecule has 0 aliphatic carbocycles. The number of nitrogens with one attached hydrogen (secondary N) is 2. The number of hydrogen-bond acceptors (Lipinski definition) is 5. The monoisotopic (exact) mass is 285 g/mol. The molecule has 0 fully saturated rings. The number of pyridine rings is 1. The van der Waals surface area contributed by atoms with Crippen molar-refractivity contribution in [2.24, 2.45) is 5.92 Å². The number of carbonyl (C=O) groups excluding carboxylic acids is 1. The van der Waals surface area contributed by atoms with Gasteiger partial charge >= 0.3 is 5.97 Å². The van der Waals surface area contributed by atoms with Crippen LogP contribution < -0.4 is 10.6 Å². The third kappa shape index (κ3) is 2.09. The van der Waals surface area contributed by atoms with Crippen LogP contribution in [0.5, 0.6) is 0 Å². The Morgan fingerprint density at radius 1 is 1.33 bits per heavy atom. The van der Waals surface area contributed by atoms with Gasteiger partial charge in [-0.15, -0.1) is 0 Å². The van der Waals surface area contributed by atoms with E-state index in [-0.39, 0.29) is 11.9 Å². The summed E-state index contributed by atoms with van der Waals surface area (Å²) in [5.41, 5.74) is 1.75. The van der Waals surface area contributed by atoms with Gasteiger partial charge in [-0.25, -0.2) is 4.79 Å². The standard InChI is InChI=1S/C16H19N3O2/c1-4-21-15(20)16(10(2)3)18-13-8-11-6-5-7-17-12(11)9-14(13)19-16/h5-10,18-19H,4H2,1-3H3. The first-order valence-electron chi connectivity index (χ1n) is 7.19. The van der Waals surface area contributed by atoms with Crippen LogP contribution in [-0.4, -0.2) is 23.2 Å². The fraction of sp³-hybridized carbons (Fsp3) is 0.375. The van der Waals surface area contributed by atoms with Crippen molar-refractivity contribution in [2.45, 2.75) is 26.4 Å². The zero-order valence-electron chi connectivity index (χ0n) is 12.4. The summed E-state index contributed by atoms with van der Waals surface area (Å²) in [6.07, 6.45) is 1.76. The van der Waals surface area contributed by atoms with E-state index in [1.54, 1.807) is 6.20 Å². The Labute approximate surface area is 123 Å². The molecule has 2 N–H and O–H groups in total. The van der Waals surface area contributed by atoms with E-state index in [2.05, 4.69) is 15.6 Å². The summed E-state index contributed by atoms with van der Waals surface area (Å²) < 4.78 is 5.24. The van der Waals surface area contributed by atoms with Crippen LogP contribution >= 0.6 is 0 Å². The van der Waals surface area contributed by atoms with Crippen molar-refractivity contribution in [3.63, 3.8) is 0 Å². The minimum absolute atomic E-state index is 0.0278. The van der Waals surface area contributed by atoms with E-state index in [4.69, 9.17) is 4.74 Å². The fourth-order valence-electron chi connectivity index (χ4n) is 2.65. The van der Waals surface area contributed by atoms with Crippen molar-refractivity contribution < 1.29 is 9.53 Å². The van der Waals surface area contributed by atoms with Crippen LogP contribution in [0.25, 0.3) is 10.9 Å². The maximum absolute atomic E-state index is 12.4. The van der Waals surface area contributed by atoms with Crippen LogP contribution in [0.4, 0.5) is 11.4 Å². The SMILES string of the molecule is CCOC(=O)C1(C(C)C)Nc2cc3cccnc3cc2N1. The summed E-state index contributed by atoms with van der Waals surface area (Å²) >= 11 is 0. The third-order valence-electron chi connectivity index (χ3n) is 3.87. The summed E-state index contributed by atoms with van der Waals surface area (Å²) in [6, 6.07) is 7.87. The zero-order chi connectivity index (χ0) is 15.0. The number of fused-ring (bicyclic) bond motifs is 2. The minimum atomic E-state index is -0.921. The topological polar surface area (TPSA) is 63.2 Å². The number of ether oxygens (including phenoxy) is 1. The van der Waals surface area contributed by atoms with E-state index in [1.807, 2.05) is 45.0 Å². The summed E-state index contributed by atoms with van der Waals surface area (Å²) in [4.78, 5) is 16.8. The second-order valence-corrected chi connectivity index (χ2v) is 5.53. The molecule has 1 aromatic carbocycles. The van der Waals surface area contributed by atoms with Crippen molar-refractivity contribution in [1.82, 2.24) is 4.98 Å². The van der Waals surface area contributed by atoms with Gasteiger partial charge < -0.3 is 15.4 Å². The van der Waals surface area contributed by atoms with E-state index in [9.17, 15) is 4.79 Å². The van der Waals surface area contributed by atoms with E-state index < -0.39 is 5.66 Å². The molecule has 1 aliphatic rings. The Balaban J connectivity index is 2.05. The third-order valence-corrected chi connectivity index (χ3v) is 3.87. The van der Waals surface area contributed by atoms with Crippen molar-refractivity contribution in [1.29, 1.82) is 0 Å². The van der Waals surface area contributed by atoms with Crippen LogP contribution in [0, 0.1) is 5.92 Å². The Kier molecular flexibility index (Phi) is 3.20. The average molecular weight is 285 g/mol. The molecule has 0 bridgehead atoms. The van der Waals surface area contributed by atoms with Gasteiger partial charge in [0.15, 0.2) is 0 Å². The first-order chi connectivity index (χ1) is 10.1. The number of aromatic nitrogens is 1. The highest BCUT2D eigenvalue weighted by Gasteiger charge is 2.47. The molecule has 0 spiro atoms. The lowest BCUT2D eigenvalue weighted by Gasteiger charge is -2.32. The predicted octanol–water partition coefficient (Wildman–Crippen LogP) is 2.99. The number of rotatable bonds is 3. The highest BCUT2D eigenvalue weighted by Crippen LogP contribution is 2.40. The van der Waals surface area contributed by atoms with Gasteiger partial charge in [-0.3, -0.25) is 4.98 Å². The predicted molar refractivity (Wildman–Crippen MR) is 83.2 cm³/mol. The van der Waals surface area contributed by atoms with Crippen LogP contribution in [0.15, 0.2) is 30.5 Å². The van der Waals surface area contributed by atoms with E-state index in [0.29, 0.717) is 6.61 Å². The highest BCUT2D eigenvalue weighted by atomic mass is 16.5. The fourth-order valence-corrected chi connectivity index (χ4v) is 2.65. The number of benzene rings is 1. The molecule has 1 aromatic heterocycles. The van der Waals surface area contributed by atoms with Crippen molar-refractivity contribution in [3.05, 3.63) is 30.5 Å². The number of carbonyl (C=O) groups is 1. The summed E-state index contributed by atoms with van der Waals surface area (Å²) in [7, 11) is 0. The molecular formula is C16H19N3O2. The van der Waals surface area contributed by atoms with Gasteiger partial charge in [0, 0.05) is 17.5 Å². The number of esters is 1. The second-order valence-electron chi connectivity index (χ2n) is 5.53. The smallest absolute Gasteiger partial charge is 0.353 e. The summed E-state index contributed by atoms with van der Waals surface area (Å²) in [5.74, 6) is -0.256. The van der Waals surface area contributed by atoms with Crippen LogP contribution in [0.2, 0.25) is 0 Å². The molecule has 5 nitrogen and oxygen atoms in total. The summed E-state index contributed by atoms with van der Waals surface area (Å²) in [6.45, 7) is 6.14. The summed E-state index contributed by atoms with van der Waals surface area (Å²) in [5, 5.41) is 7.65. The number of nitrogens with zero attached hydrogens (tertiary/aromatic N) is 1. The Bertz CT molecular complexity index is 652. The van der Waals surface area contributed by atoms with Crippen molar-refractivity contribution >= 4 is 28.2 Å². The quantitative estimate of drug-likeness (QED) is 0.849. The molecule has 0 saturated carbocycles. The number of hydrogen-bond donors (Lipinski definition) is 2. The Morgan fingerprint density at radius 3 is 2.71 bits per heavy atom. The Morgan fingerprint density at radius 2 is 2.05 bits per heavy atom. The maximum atomic E-state index is 12.4. The van der Waals surface area contributed by atoms with E-state index >= 15 is 0 Å². The van der Waals surface area contributed by atoms with Crippen LogP contribution in [0.3, 0.4) is 0 Å². The van der Waals surface area contributed by atoms with Gasteiger partial charge in [0.1, 0.15) is 0 Å². The molecule has 0 saturated heterocycles. The molecule has 1 atom stereocenters. The van der Waals surface area contributed by atoms with Crippen molar-refractivity contribution in [2.75, 3.05) is 17.2 Å².